The van der Waals surface area contributed by atoms with Crippen molar-refractivity contribution in [2.75, 3.05) is 12.0 Å². The quantitative estimate of drug-likeness (QED) is 0.336. The fourth-order valence-electron chi connectivity index (χ4n) is 1.34. The number of amides is 2. The second-order valence-electron chi connectivity index (χ2n) is 3.42. The minimum Gasteiger partial charge on any atom is -0.462 e. The number of ether oxygens (including phenoxy) is 1. The monoisotopic (exact) mass is 266 g/mol. The van der Waals surface area contributed by atoms with Gasteiger partial charge in [-0.15, -0.1) is 0 Å². The third kappa shape index (κ3) is 3.12. The molecule has 8 nitrogen and oxygen atoms in total. The maximum atomic E-state index is 11.6. The maximum absolute atomic E-state index is 11.6. The molecule has 0 bridgehead atoms. The molecule has 0 aliphatic heterocycles. The zero-order valence-electron chi connectivity index (χ0n) is 10.2. The number of carbonyl (C=O) groups excluding carboxylic acids is 3. The van der Waals surface area contributed by atoms with Crippen LogP contribution < -0.4 is 4.90 Å². The van der Waals surface area contributed by atoms with Crippen LogP contribution in [0.25, 0.3) is 0 Å². The Morgan fingerprint density at radius 3 is 2.11 bits per heavy atom. The molecule has 0 N–H and O–H groups in total. The van der Waals surface area contributed by atoms with Gasteiger partial charge in [-0.1, -0.05) is 0 Å². The Balaban J connectivity index is 3.13. The first-order valence-corrected chi connectivity index (χ1v) is 5.06. The zero-order valence-corrected chi connectivity index (χ0v) is 10.2. The van der Waals surface area contributed by atoms with Crippen LogP contribution in [0.5, 0.6) is 0 Å². The number of nitro benzene ring substituents is 1. The third-order valence-corrected chi connectivity index (χ3v) is 2.20. The molecule has 0 aliphatic rings. The van der Waals surface area contributed by atoms with Gasteiger partial charge in [0.2, 0.25) is 5.91 Å². The summed E-state index contributed by atoms with van der Waals surface area (Å²) >= 11 is 0. The molecule has 0 atom stereocenters. The van der Waals surface area contributed by atoms with Crippen molar-refractivity contribution in [3.05, 3.63) is 34.4 Å². The predicted molar refractivity (Wildman–Crippen MR) is 63.3 cm³/mol. The van der Waals surface area contributed by atoms with Crippen LogP contribution >= 0.6 is 0 Å². The minimum atomic E-state index is -1.20. The fraction of sp³-hybridized carbons (Fsp3) is 0.182. The summed E-state index contributed by atoms with van der Waals surface area (Å²) in [6.07, 6.45) is 0. The van der Waals surface area contributed by atoms with Crippen LogP contribution in [-0.2, 0) is 19.1 Å². The minimum absolute atomic E-state index is 0.0495. The van der Waals surface area contributed by atoms with Crippen molar-refractivity contribution in [2.45, 2.75) is 6.92 Å². The number of benzene rings is 1. The summed E-state index contributed by atoms with van der Waals surface area (Å²) in [6.45, 7) is 1.09. The molecule has 0 fully saturated rings. The number of nitro groups is 1. The van der Waals surface area contributed by atoms with Gasteiger partial charge in [0.05, 0.1) is 17.7 Å². The largest absolute Gasteiger partial charge is 0.462 e. The first-order valence-electron chi connectivity index (χ1n) is 5.06. The van der Waals surface area contributed by atoms with E-state index < -0.39 is 22.7 Å². The van der Waals surface area contributed by atoms with Crippen LogP contribution in [0.3, 0.4) is 0 Å². The smallest absolute Gasteiger partial charge is 0.397 e. The van der Waals surface area contributed by atoms with Gasteiger partial charge in [0, 0.05) is 19.1 Å². The lowest BCUT2D eigenvalue weighted by Crippen LogP contribution is -2.40. The van der Waals surface area contributed by atoms with Crippen molar-refractivity contribution < 1.29 is 24.0 Å². The van der Waals surface area contributed by atoms with Crippen molar-refractivity contribution >= 4 is 29.2 Å². The summed E-state index contributed by atoms with van der Waals surface area (Å²) < 4.78 is 4.24. The molecule has 1 rings (SSSR count). The number of rotatable bonds is 2. The van der Waals surface area contributed by atoms with Gasteiger partial charge in [-0.3, -0.25) is 19.7 Å². The molecule has 0 aliphatic carbocycles. The number of carbonyl (C=O) groups is 3. The number of hydrogen-bond acceptors (Lipinski definition) is 6. The lowest BCUT2D eigenvalue weighted by molar-refractivity contribution is -0.384. The number of hydrogen-bond donors (Lipinski definition) is 0. The van der Waals surface area contributed by atoms with Gasteiger partial charge in [0.1, 0.15) is 0 Å². The van der Waals surface area contributed by atoms with Crippen molar-refractivity contribution in [1.82, 2.24) is 0 Å². The summed E-state index contributed by atoms with van der Waals surface area (Å²) in [6, 6.07) is 4.63. The predicted octanol–water partition coefficient (Wildman–Crippen LogP) is 0.647. The van der Waals surface area contributed by atoms with E-state index in [1.165, 1.54) is 12.1 Å². The first-order chi connectivity index (χ1) is 8.88. The highest BCUT2D eigenvalue weighted by molar-refractivity contribution is 6.43. The third-order valence-electron chi connectivity index (χ3n) is 2.20. The van der Waals surface area contributed by atoms with E-state index in [9.17, 15) is 24.5 Å². The van der Waals surface area contributed by atoms with Crippen LogP contribution in [0.4, 0.5) is 11.4 Å². The van der Waals surface area contributed by atoms with Crippen molar-refractivity contribution in [2.24, 2.45) is 0 Å². The van der Waals surface area contributed by atoms with Gasteiger partial charge < -0.3 is 4.74 Å². The Kier molecular flexibility index (Phi) is 4.30. The van der Waals surface area contributed by atoms with Gasteiger partial charge in [0.25, 0.3) is 5.69 Å². The van der Waals surface area contributed by atoms with E-state index in [-0.39, 0.29) is 11.4 Å². The van der Waals surface area contributed by atoms with E-state index in [0.717, 1.165) is 26.2 Å². The van der Waals surface area contributed by atoms with Gasteiger partial charge in [-0.25, -0.2) is 9.69 Å². The van der Waals surface area contributed by atoms with Crippen molar-refractivity contribution in [3.8, 4) is 0 Å². The van der Waals surface area contributed by atoms with Gasteiger partial charge in [0.15, 0.2) is 0 Å². The number of nitrogens with zero attached hydrogens (tertiary/aromatic N) is 2. The van der Waals surface area contributed by atoms with Gasteiger partial charge in [-0.05, 0) is 12.1 Å². The number of non-ortho nitro benzene ring substituents is 1. The highest BCUT2D eigenvalue weighted by Gasteiger charge is 2.27. The Morgan fingerprint density at radius 1 is 1.21 bits per heavy atom. The Hall–Kier alpha value is -2.77. The Labute approximate surface area is 107 Å². The van der Waals surface area contributed by atoms with E-state index in [1.807, 2.05) is 0 Å². The van der Waals surface area contributed by atoms with Crippen molar-refractivity contribution in [3.63, 3.8) is 0 Å². The second-order valence-corrected chi connectivity index (χ2v) is 3.42. The van der Waals surface area contributed by atoms with Crippen molar-refractivity contribution in [1.29, 1.82) is 0 Å². The first kappa shape index (κ1) is 14.3. The molecule has 2 amide bonds. The van der Waals surface area contributed by atoms with Gasteiger partial charge in [-0.2, -0.15) is 0 Å². The summed E-state index contributed by atoms with van der Waals surface area (Å²) in [4.78, 5) is 44.6. The number of esters is 1. The number of methoxy groups -OCH3 is 1. The van der Waals surface area contributed by atoms with E-state index in [2.05, 4.69) is 4.74 Å². The zero-order chi connectivity index (χ0) is 14.6. The molecule has 0 radical (unpaired) electrons. The lowest BCUT2D eigenvalue weighted by Gasteiger charge is -2.17. The topological polar surface area (TPSA) is 107 Å². The fourth-order valence-corrected chi connectivity index (χ4v) is 1.34. The summed E-state index contributed by atoms with van der Waals surface area (Å²) in [5, 5.41) is 10.5. The average molecular weight is 266 g/mol. The molecule has 0 aromatic heterocycles. The van der Waals surface area contributed by atoms with Gasteiger partial charge >= 0.3 is 11.9 Å². The summed E-state index contributed by atoms with van der Waals surface area (Å²) in [7, 11) is 1.01. The number of anilines is 1. The second kappa shape index (κ2) is 5.71. The molecule has 0 saturated carbocycles. The highest BCUT2D eigenvalue weighted by Crippen LogP contribution is 2.20. The van der Waals surface area contributed by atoms with E-state index in [4.69, 9.17) is 0 Å². The SMILES string of the molecule is COC(=O)C(=O)N(C(C)=O)c1ccc([N+](=O)[O-])cc1. The molecule has 100 valence electrons. The molecular weight excluding hydrogens is 256 g/mol. The van der Waals surface area contributed by atoms with E-state index in [1.54, 1.807) is 0 Å². The Morgan fingerprint density at radius 2 is 1.74 bits per heavy atom. The maximum Gasteiger partial charge on any atom is 0.397 e. The normalized spacial score (nSPS) is 9.58. The van der Waals surface area contributed by atoms with Crippen LogP contribution in [0, 0.1) is 10.1 Å². The van der Waals surface area contributed by atoms with Crippen LogP contribution in [-0.4, -0.2) is 29.8 Å². The molecule has 0 spiro atoms. The summed E-state index contributed by atoms with van der Waals surface area (Å²) in [5.41, 5.74) is -0.147. The molecule has 8 heteroatoms. The highest BCUT2D eigenvalue weighted by atomic mass is 16.6. The molecular formula is C11H10N2O6. The lowest BCUT2D eigenvalue weighted by atomic mass is 10.2. The molecule has 1 aromatic carbocycles. The average Bonchev–Trinajstić information content (AvgIpc) is 2.38. The molecule has 0 saturated heterocycles. The molecule has 0 heterocycles. The Bertz CT molecular complexity index is 537. The summed E-state index contributed by atoms with van der Waals surface area (Å²) in [5.74, 6) is -3.07. The van der Waals surface area contributed by atoms with E-state index in [0.29, 0.717) is 4.90 Å². The van der Waals surface area contributed by atoms with Crippen LogP contribution in [0.2, 0.25) is 0 Å². The van der Waals surface area contributed by atoms with E-state index >= 15 is 0 Å². The molecule has 0 unspecified atom stereocenters. The molecule has 1 aromatic rings. The molecule has 19 heavy (non-hydrogen) atoms. The van der Waals surface area contributed by atoms with Crippen LogP contribution in [0.15, 0.2) is 24.3 Å². The standard InChI is InChI=1S/C11H10N2O6/c1-7(14)12(10(15)11(16)19-2)8-3-5-9(6-4-8)13(17)18/h3-6H,1-2H3. The van der Waals surface area contributed by atoms with Crippen LogP contribution in [0.1, 0.15) is 6.92 Å². The number of imide groups is 1.